The van der Waals surface area contributed by atoms with Crippen LogP contribution in [0.1, 0.15) is 5.56 Å². The molecule has 1 heterocycles. The fourth-order valence-electron chi connectivity index (χ4n) is 0.707. The van der Waals surface area contributed by atoms with E-state index in [-0.39, 0.29) is 10.0 Å². The number of nitrogens with zero attached hydrogens (tertiary/aromatic N) is 2. The maximum absolute atomic E-state index is 11.8. The van der Waals surface area contributed by atoms with E-state index >= 15 is 0 Å². The highest BCUT2D eigenvalue weighted by molar-refractivity contribution is 9.10. The molecule has 80 valence electrons. The van der Waals surface area contributed by atoms with Crippen LogP contribution in [0, 0.1) is 11.3 Å². The Bertz CT molecular complexity index is 429. The van der Waals surface area contributed by atoms with Gasteiger partial charge in [-0.25, -0.2) is 4.98 Å². The summed E-state index contributed by atoms with van der Waals surface area (Å²) in [6, 6.07) is 1.70. The first-order valence-corrected chi connectivity index (χ1v) is 4.52. The van der Waals surface area contributed by atoms with Gasteiger partial charge in [0.15, 0.2) is 0 Å². The van der Waals surface area contributed by atoms with Crippen molar-refractivity contribution in [2.45, 2.75) is 6.36 Å². The van der Waals surface area contributed by atoms with E-state index in [1.54, 1.807) is 6.07 Å². The molecular formula is C7HBrClF3N2O. The fraction of sp³-hybridized carbons (Fsp3) is 0.143. The number of hydrogen-bond acceptors (Lipinski definition) is 3. The van der Waals surface area contributed by atoms with E-state index in [1.165, 1.54) is 0 Å². The van der Waals surface area contributed by atoms with Gasteiger partial charge in [-0.2, -0.15) is 5.26 Å². The second kappa shape index (κ2) is 4.24. The van der Waals surface area contributed by atoms with Gasteiger partial charge in [0.1, 0.15) is 11.1 Å². The Kier molecular flexibility index (Phi) is 3.42. The molecular weight excluding hydrogens is 300 g/mol. The second-order valence-corrected chi connectivity index (χ2v) is 3.44. The molecule has 0 atom stereocenters. The molecule has 1 rings (SSSR count). The molecule has 0 spiro atoms. The van der Waals surface area contributed by atoms with Crippen molar-refractivity contribution in [1.82, 2.24) is 4.98 Å². The van der Waals surface area contributed by atoms with Gasteiger partial charge in [-0.1, -0.05) is 11.6 Å². The highest BCUT2D eigenvalue weighted by atomic mass is 79.9. The third-order valence-corrected chi connectivity index (χ3v) is 2.66. The van der Waals surface area contributed by atoms with Gasteiger partial charge < -0.3 is 4.74 Å². The van der Waals surface area contributed by atoms with Crippen LogP contribution in [0.3, 0.4) is 0 Å². The number of hydrogen-bond donors (Lipinski definition) is 0. The summed E-state index contributed by atoms with van der Waals surface area (Å²) in [4.78, 5) is 3.27. The molecule has 3 nitrogen and oxygen atoms in total. The number of nitriles is 1. The molecule has 15 heavy (non-hydrogen) atoms. The molecule has 0 radical (unpaired) electrons. The van der Waals surface area contributed by atoms with E-state index in [9.17, 15) is 13.2 Å². The molecule has 0 amide bonds. The molecule has 0 N–H and O–H groups in total. The van der Waals surface area contributed by atoms with Crippen molar-refractivity contribution in [2.24, 2.45) is 0 Å². The van der Waals surface area contributed by atoms with Crippen LogP contribution in [0.4, 0.5) is 13.2 Å². The predicted octanol–water partition coefficient (Wildman–Crippen LogP) is 3.27. The quantitative estimate of drug-likeness (QED) is 0.800. The Hall–Kier alpha value is -1.00. The fourth-order valence-corrected chi connectivity index (χ4v) is 1.26. The summed E-state index contributed by atoms with van der Waals surface area (Å²) < 4.78 is 39.0. The average molecular weight is 301 g/mol. The molecule has 1 aromatic rings. The van der Waals surface area contributed by atoms with Crippen LogP contribution in [0.2, 0.25) is 5.02 Å². The summed E-state index contributed by atoms with van der Waals surface area (Å²) in [5.41, 5.74) is 0.0227. The third-order valence-electron chi connectivity index (χ3n) is 1.26. The smallest absolute Gasteiger partial charge is 0.386 e. The van der Waals surface area contributed by atoms with Crippen molar-refractivity contribution in [3.8, 4) is 11.9 Å². The monoisotopic (exact) mass is 300 g/mol. The molecule has 0 unspecified atom stereocenters. The number of pyridine rings is 1. The predicted molar refractivity (Wildman–Crippen MR) is 48.3 cm³/mol. The normalized spacial score (nSPS) is 10.9. The maximum Gasteiger partial charge on any atom is 0.574 e. The molecule has 0 aliphatic rings. The van der Waals surface area contributed by atoms with Crippen molar-refractivity contribution in [1.29, 1.82) is 5.26 Å². The van der Waals surface area contributed by atoms with Crippen molar-refractivity contribution >= 4 is 27.5 Å². The molecule has 0 saturated heterocycles. The van der Waals surface area contributed by atoms with E-state index in [2.05, 4.69) is 25.7 Å². The van der Waals surface area contributed by atoms with Crippen LogP contribution in [-0.2, 0) is 0 Å². The van der Waals surface area contributed by atoms with E-state index < -0.39 is 17.3 Å². The summed E-state index contributed by atoms with van der Waals surface area (Å²) in [6.45, 7) is 0. The minimum atomic E-state index is -4.87. The lowest BCUT2D eigenvalue weighted by atomic mass is 10.3. The van der Waals surface area contributed by atoms with Crippen LogP contribution in [-0.4, -0.2) is 11.3 Å². The standard InChI is InChI=1S/C7HBrClF3N2O/c8-4-3(1-13)2-14-6(5(4)9)15-7(10,11)12/h2H. The average Bonchev–Trinajstić information content (AvgIpc) is 2.11. The van der Waals surface area contributed by atoms with Crippen molar-refractivity contribution in [3.63, 3.8) is 0 Å². The molecule has 0 fully saturated rings. The molecule has 8 heteroatoms. The lowest BCUT2D eigenvalue weighted by Gasteiger charge is -2.09. The molecule has 0 aliphatic carbocycles. The van der Waals surface area contributed by atoms with Gasteiger partial charge in [0.2, 0.25) is 5.88 Å². The first-order valence-electron chi connectivity index (χ1n) is 3.35. The van der Waals surface area contributed by atoms with Crippen LogP contribution in [0.5, 0.6) is 5.88 Å². The highest BCUT2D eigenvalue weighted by Crippen LogP contribution is 2.35. The van der Waals surface area contributed by atoms with E-state index in [1.807, 2.05) is 0 Å². The largest absolute Gasteiger partial charge is 0.574 e. The summed E-state index contributed by atoms with van der Waals surface area (Å²) in [7, 11) is 0. The van der Waals surface area contributed by atoms with E-state index in [0.29, 0.717) is 0 Å². The van der Waals surface area contributed by atoms with E-state index in [0.717, 1.165) is 6.20 Å². The zero-order valence-corrected chi connectivity index (χ0v) is 9.11. The minimum absolute atomic E-state index is 0.0147. The van der Waals surface area contributed by atoms with Gasteiger partial charge in [-0.15, -0.1) is 13.2 Å². The number of aromatic nitrogens is 1. The van der Waals surface area contributed by atoms with Crippen LogP contribution in [0.15, 0.2) is 10.7 Å². The lowest BCUT2D eigenvalue weighted by molar-refractivity contribution is -0.276. The molecule has 0 bridgehead atoms. The van der Waals surface area contributed by atoms with Crippen molar-refractivity contribution < 1.29 is 17.9 Å². The Morgan fingerprint density at radius 1 is 1.53 bits per heavy atom. The van der Waals surface area contributed by atoms with E-state index in [4.69, 9.17) is 16.9 Å². The van der Waals surface area contributed by atoms with Crippen molar-refractivity contribution in [2.75, 3.05) is 0 Å². The van der Waals surface area contributed by atoms with Crippen LogP contribution in [0.25, 0.3) is 0 Å². The maximum atomic E-state index is 11.8. The first-order chi connectivity index (χ1) is 6.85. The Morgan fingerprint density at radius 3 is 2.60 bits per heavy atom. The Balaban J connectivity index is 3.14. The minimum Gasteiger partial charge on any atom is -0.386 e. The second-order valence-electron chi connectivity index (χ2n) is 2.26. The summed E-state index contributed by atoms with van der Waals surface area (Å²) in [5, 5.41) is 8.13. The molecule has 0 aliphatic heterocycles. The SMILES string of the molecule is N#Cc1cnc(OC(F)(F)F)c(Cl)c1Br. The topological polar surface area (TPSA) is 45.9 Å². The highest BCUT2D eigenvalue weighted by Gasteiger charge is 2.33. The lowest BCUT2D eigenvalue weighted by Crippen LogP contribution is -2.18. The number of alkyl halides is 3. The van der Waals surface area contributed by atoms with Gasteiger partial charge in [-0.05, 0) is 15.9 Å². The zero-order chi connectivity index (χ0) is 11.6. The number of ether oxygens (including phenoxy) is 1. The first kappa shape index (κ1) is 12.1. The molecule has 0 saturated carbocycles. The van der Waals surface area contributed by atoms with Crippen molar-refractivity contribution in [3.05, 3.63) is 21.3 Å². The van der Waals surface area contributed by atoms with Crippen LogP contribution < -0.4 is 4.74 Å². The van der Waals surface area contributed by atoms with Crippen LogP contribution >= 0.6 is 27.5 Å². The summed E-state index contributed by atoms with van der Waals surface area (Å²) in [5.74, 6) is -0.796. The Labute approximate surface area is 95.6 Å². The number of halogens is 5. The number of rotatable bonds is 1. The summed E-state index contributed by atoms with van der Waals surface area (Å²) in [6.07, 6.45) is -3.94. The Morgan fingerprint density at radius 2 is 2.13 bits per heavy atom. The van der Waals surface area contributed by atoms with Gasteiger partial charge in [0, 0.05) is 6.20 Å². The zero-order valence-electron chi connectivity index (χ0n) is 6.77. The third kappa shape index (κ3) is 2.97. The summed E-state index contributed by atoms with van der Waals surface area (Å²) >= 11 is 8.35. The van der Waals surface area contributed by atoms with Gasteiger partial charge in [-0.3, -0.25) is 0 Å². The molecule has 1 aromatic heterocycles. The molecule has 0 aromatic carbocycles. The van der Waals surface area contributed by atoms with Gasteiger partial charge in [0.25, 0.3) is 0 Å². The van der Waals surface area contributed by atoms with Gasteiger partial charge in [0.05, 0.1) is 10.0 Å². The van der Waals surface area contributed by atoms with Gasteiger partial charge >= 0.3 is 6.36 Å².